The van der Waals surface area contributed by atoms with Crippen LogP contribution in [0.2, 0.25) is 5.02 Å². The quantitative estimate of drug-likeness (QED) is 0.617. The largest absolute Gasteiger partial charge is 0.507 e. The van der Waals surface area contributed by atoms with Gasteiger partial charge in [0, 0.05) is 15.5 Å². The molecule has 2 heterocycles. The molecule has 7 heteroatoms. The molecular formula is C21H16ClNO4S. The number of benzene rings is 2. The van der Waals surface area contributed by atoms with E-state index in [1.807, 2.05) is 17.5 Å². The number of carbonyl (C=O) groups excluding carboxylic acids is 2. The van der Waals surface area contributed by atoms with Gasteiger partial charge < -0.3 is 15.1 Å². The van der Waals surface area contributed by atoms with E-state index in [0.29, 0.717) is 16.3 Å². The van der Waals surface area contributed by atoms with Crippen LogP contribution in [0.5, 0.6) is 5.75 Å². The Bertz CT molecular complexity index is 1070. The first-order chi connectivity index (χ1) is 13.4. The second-order valence-electron chi connectivity index (χ2n) is 6.61. The summed E-state index contributed by atoms with van der Waals surface area (Å²) in [7, 11) is 0. The molecule has 3 aromatic rings. The number of thiophene rings is 1. The minimum absolute atomic E-state index is 0.0593. The molecule has 1 aromatic heterocycles. The van der Waals surface area contributed by atoms with Crippen molar-refractivity contribution in [3.8, 4) is 5.75 Å². The van der Waals surface area contributed by atoms with Crippen molar-refractivity contribution in [1.82, 2.24) is 0 Å². The number of ketones is 1. The number of Topliss-reactive ketones (excluding diaryl/α,β-unsaturated/α-hetero) is 1. The third kappa shape index (κ3) is 3.09. The molecule has 142 valence electrons. The molecule has 0 radical (unpaired) electrons. The monoisotopic (exact) mass is 413 g/mol. The molecule has 2 aromatic carbocycles. The second-order valence-corrected chi connectivity index (χ2v) is 8.08. The SMILES string of the molecule is O=C(C[C@@]1(O)C(=O)N(Cc2cccs2)c2ccc(Cl)cc21)c1ccccc1O. The first-order valence-electron chi connectivity index (χ1n) is 8.58. The average molecular weight is 414 g/mol. The van der Waals surface area contributed by atoms with Crippen LogP contribution in [0.15, 0.2) is 60.0 Å². The van der Waals surface area contributed by atoms with Gasteiger partial charge in [0.25, 0.3) is 5.91 Å². The predicted molar refractivity (Wildman–Crippen MR) is 108 cm³/mol. The number of anilines is 1. The maximum atomic E-state index is 13.2. The lowest BCUT2D eigenvalue weighted by molar-refractivity contribution is -0.136. The second kappa shape index (κ2) is 7.05. The lowest BCUT2D eigenvalue weighted by atomic mass is 9.88. The van der Waals surface area contributed by atoms with Crippen LogP contribution in [0.25, 0.3) is 0 Å². The number of fused-ring (bicyclic) bond motifs is 1. The molecule has 5 nitrogen and oxygen atoms in total. The number of carbonyl (C=O) groups is 2. The number of para-hydroxylation sites is 1. The molecule has 0 unspecified atom stereocenters. The minimum Gasteiger partial charge on any atom is -0.507 e. The Morgan fingerprint density at radius 1 is 1.14 bits per heavy atom. The molecule has 1 aliphatic rings. The van der Waals surface area contributed by atoms with E-state index < -0.39 is 23.7 Å². The van der Waals surface area contributed by atoms with Crippen LogP contribution in [-0.4, -0.2) is 21.9 Å². The van der Waals surface area contributed by atoms with E-state index in [9.17, 15) is 19.8 Å². The summed E-state index contributed by atoms with van der Waals surface area (Å²) in [5, 5.41) is 23.5. The molecule has 1 atom stereocenters. The summed E-state index contributed by atoms with van der Waals surface area (Å²) in [6, 6.07) is 14.7. The van der Waals surface area contributed by atoms with E-state index in [2.05, 4.69) is 0 Å². The van der Waals surface area contributed by atoms with E-state index in [1.165, 1.54) is 34.4 Å². The lowest BCUT2D eigenvalue weighted by Crippen LogP contribution is -2.41. The molecular weight excluding hydrogens is 398 g/mol. The van der Waals surface area contributed by atoms with Gasteiger partial charge in [0.2, 0.25) is 0 Å². The molecule has 0 bridgehead atoms. The minimum atomic E-state index is -2.04. The number of nitrogens with zero attached hydrogens (tertiary/aromatic N) is 1. The maximum absolute atomic E-state index is 13.2. The number of aliphatic hydroxyl groups is 1. The van der Waals surface area contributed by atoms with Crippen molar-refractivity contribution in [3.63, 3.8) is 0 Å². The van der Waals surface area contributed by atoms with E-state index in [4.69, 9.17) is 11.6 Å². The van der Waals surface area contributed by atoms with Crippen molar-refractivity contribution in [2.75, 3.05) is 4.90 Å². The van der Waals surface area contributed by atoms with Crippen molar-refractivity contribution in [2.24, 2.45) is 0 Å². The van der Waals surface area contributed by atoms with Gasteiger partial charge in [-0.15, -0.1) is 11.3 Å². The molecule has 4 rings (SSSR count). The van der Waals surface area contributed by atoms with Crippen LogP contribution in [0.4, 0.5) is 5.69 Å². The van der Waals surface area contributed by atoms with Crippen molar-refractivity contribution in [2.45, 2.75) is 18.6 Å². The highest BCUT2D eigenvalue weighted by Gasteiger charge is 2.51. The molecule has 1 amide bonds. The van der Waals surface area contributed by atoms with Crippen LogP contribution >= 0.6 is 22.9 Å². The summed E-state index contributed by atoms with van der Waals surface area (Å²) in [5.74, 6) is -1.30. The molecule has 2 N–H and O–H groups in total. The Morgan fingerprint density at radius 2 is 1.93 bits per heavy atom. The highest BCUT2D eigenvalue weighted by Crippen LogP contribution is 2.45. The molecule has 28 heavy (non-hydrogen) atoms. The van der Waals surface area contributed by atoms with Crippen molar-refractivity contribution in [1.29, 1.82) is 0 Å². The first-order valence-corrected chi connectivity index (χ1v) is 9.84. The van der Waals surface area contributed by atoms with Gasteiger partial charge in [-0.05, 0) is 41.8 Å². The number of halogens is 1. The Hall–Kier alpha value is -2.67. The lowest BCUT2D eigenvalue weighted by Gasteiger charge is -2.22. The van der Waals surface area contributed by atoms with E-state index in [0.717, 1.165) is 4.88 Å². The highest BCUT2D eigenvalue weighted by molar-refractivity contribution is 7.09. The summed E-state index contributed by atoms with van der Waals surface area (Å²) in [6.07, 6.45) is -0.488. The fourth-order valence-electron chi connectivity index (χ4n) is 3.45. The number of phenols is 1. The molecule has 0 saturated heterocycles. The standard InChI is InChI=1S/C21H16ClNO4S/c22-13-7-8-17-16(10-13)21(27,11-19(25)15-5-1-2-6-18(15)24)20(26)23(17)12-14-4-3-9-28-14/h1-10,24,27H,11-12H2/t21-/m0/s1. The molecule has 0 fully saturated rings. The number of phenolic OH excluding ortho intramolecular Hbond substituents is 1. The van der Waals surface area contributed by atoms with E-state index >= 15 is 0 Å². The molecule has 1 aliphatic heterocycles. The molecule has 0 aliphatic carbocycles. The average Bonchev–Trinajstić information content (AvgIpc) is 3.24. The zero-order valence-corrected chi connectivity index (χ0v) is 16.2. The van der Waals surface area contributed by atoms with Crippen LogP contribution in [0.3, 0.4) is 0 Å². The fourth-order valence-corrected chi connectivity index (χ4v) is 4.31. The molecule has 0 spiro atoms. The number of hydrogen-bond acceptors (Lipinski definition) is 5. The van der Waals surface area contributed by atoms with Crippen LogP contribution in [0.1, 0.15) is 27.2 Å². The summed E-state index contributed by atoms with van der Waals surface area (Å²) in [5.41, 5.74) is -1.17. The van der Waals surface area contributed by atoms with E-state index in [-0.39, 0.29) is 17.9 Å². The van der Waals surface area contributed by atoms with Crippen LogP contribution in [0, 0.1) is 0 Å². The Morgan fingerprint density at radius 3 is 2.64 bits per heavy atom. The summed E-state index contributed by atoms with van der Waals surface area (Å²) >= 11 is 7.60. The van der Waals surface area contributed by atoms with Gasteiger partial charge in [-0.25, -0.2) is 0 Å². The number of hydrogen-bond donors (Lipinski definition) is 2. The highest BCUT2D eigenvalue weighted by atomic mass is 35.5. The smallest absolute Gasteiger partial charge is 0.264 e. The van der Waals surface area contributed by atoms with Gasteiger partial charge in [0.05, 0.1) is 24.2 Å². The molecule has 0 saturated carbocycles. The van der Waals surface area contributed by atoms with Gasteiger partial charge in [-0.2, -0.15) is 0 Å². The summed E-state index contributed by atoms with van der Waals surface area (Å²) < 4.78 is 0. The van der Waals surface area contributed by atoms with Crippen LogP contribution < -0.4 is 4.90 Å². The van der Waals surface area contributed by atoms with Gasteiger partial charge in [-0.3, -0.25) is 9.59 Å². The third-order valence-electron chi connectivity index (χ3n) is 4.81. The number of aromatic hydroxyl groups is 1. The zero-order valence-electron chi connectivity index (χ0n) is 14.6. The first kappa shape index (κ1) is 18.7. The number of rotatable bonds is 5. The van der Waals surface area contributed by atoms with Crippen molar-refractivity contribution in [3.05, 3.63) is 81.0 Å². The van der Waals surface area contributed by atoms with Crippen LogP contribution in [-0.2, 0) is 16.9 Å². The van der Waals surface area contributed by atoms with Crippen molar-refractivity contribution < 1.29 is 19.8 Å². The zero-order chi connectivity index (χ0) is 19.9. The van der Waals surface area contributed by atoms with E-state index in [1.54, 1.807) is 24.3 Å². The third-order valence-corrected chi connectivity index (χ3v) is 5.91. The summed E-state index contributed by atoms with van der Waals surface area (Å²) in [4.78, 5) is 28.4. The number of amides is 1. The van der Waals surface area contributed by atoms with Crippen molar-refractivity contribution >= 4 is 40.3 Å². The Kier molecular flexibility index (Phi) is 4.71. The normalized spacial score (nSPS) is 18.4. The Labute approximate surface area is 170 Å². The maximum Gasteiger partial charge on any atom is 0.264 e. The fraction of sp³-hybridized carbons (Fsp3) is 0.143. The Balaban J connectivity index is 1.73. The van der Waals surface area contributed by atoms with Gasteiger partial charge >= 0.3 is 0 Å². The van der Waals surface area contributed by atoms with Gasteiger partial charge in [0.1, 0.15) is 5.75 Å². The van der Waals surface area contributed by atoms with Gasteiger partial charge in [0.15, 0.2) is 11.4 Å². The van der Waals surface area contributed by atoms with Gasteiger partial charge in [-0.1, -0.05) is 29.8 Å². The predicted octanol–water partition coefficient (Wildman–Crippen LogP) is 4.11. The summed E-state index contributed by atoms with van der Waals surface area (Å²) in [6.45, 7) is 0.290. The topological polar surface area (TPSA) is 77.8 Å².